The van der Waals surface area contributed by atoms with Crippen LogP contribution in [0.5, 0.6) is 5.88 Å². The molecule has 1 aromatic heterocycles. The molecule has 0 saturated heterocycles. The summed E-state index contributed by atoms with van der Waals surface area (Å²) in [6, 6.07) is 2.87. The lowest BCUT2D eigenvalue weighted by molar-refractivity contribution is -0.154. The maximum atomic E-state index is 12.2. The Hall–Kier alpha value is -1.99. The van der Waals surface area contributed by atoms with Crippen LogP contribution in [0.25, 0.3) is 0 Å². The Morgan fingerprint density at radius 2 is 2.23 bits per heavy atom. The first kappa shape index (κ1) is 16.4. The van der Waals surface area contributed by atoms with Gasteiger partial charge in [0.1, 0.15) is 0 Å². The molecule has 2 rings (SSSR count). The van der Waals surface area contributed by atoms with Crippen LogP contribution in [0, 0.1) is 5.92 Å². The summed E-state index contributed by atoms with van der Waals surface area (Å²) < 4.78 is 41.2. The third kappa shape index (κ3) is 5.42. The second-order valence-corrected chi connectivity index (χ2v) is 5.32. The van der Waals surface area contributed by atoms with E-state index < -0.39 is 12.8 Å². The number of carbonyl (C=O) groups excluding carboxylic acids is 1. The highest BCUT2D eigenvalue weighted by Gasteiger charge is 2.30. The molecule has 122 valence electrons. The fourth-order valence-electron chi connectivity index (χ4n) is 1.99. The van der Waals surface area contributed by atoms with Gasteiger partial charge < -0.3 is 15.4 Å². The Kier molecular flexibility index (Phi) is 5.10. The Morgan fingerprint density at radius 3 is 2.86 bits per heavy atom. The SMILES string of the molecule is CC(NC(=O)NCc1cccnc1OCC(F)(F)F)C1CC1. The fraction of sp³-hybridized carbons (Fsp3) is 0.571. The number of ether oxygens (including phenoxy) is 1. The smallest absolute Gasteiger partial charge is 0.422 e. The number of amides is 2. The van der Waals surface area contributed by atoms with Gasteiger partial charge in [-0.05, 0) is 31.7 Å². The van der Waals surface area contributed by atoms with Gasteiger partial charge in [0.2, 0.25) is 5.88 Å². The third-order valence-electron chi connectivity index (χ3n) is 3.35. The molecule has 0 bridgehead atoms. The van der Waals surface area contributed by atoms with Crippen molar-refractivity contribution in [2.24, 2.45) is 5.92 Å². The molecule has 1 aliphatic carbocycles. The van der Waals surface area contributed by atoms with Crippen LogP contribution in [0.2, 0.25) is 0 Å². The van der Waals surface area contributed by atoms with Crippen LogP contribution in [-0.2, 0) is 6.54 Å². The monoisotopic (exact) mass is 317 g/mol. The lowest BCUT2D eigenvalue weighted by Crippen LogP contribution is -2.41. The number of alkyl halides is 3. The molecular weight excluding hydrogens is 299 g/mol. The zero-order chi connectivity index (χ0) is 16.2. The van der Waals surface area contributed by atoms with Crippen molar-refractivity contribution in [1.82, 2.24) is 15.6 Å². The van der Waals surface area contributed by atoms with Gasteiger partial charge in [0.15, 0.2) is 6.61 Å². The Balaban J connectivity index is 1.84. The molecule has 1 aliphatic rings. The number of urea groups is 1. The summed E-state index contributed by atoms with van der Waals surface area (Å²) in [7, 11) is 0. The summed E-state index contributed by atoms with van der Waals surface area (Å²) >= 11 is 0. The molecule has 0 spiro atoms. The van der Waals surface area contributed by atoms with E-state index in [1.54, 1.807) is 12.1 Å². The average molecular weight is 317 g/mol. The number of halogens is 3. The largest absolute Gasteiger partial charge is 0.468 e. The van der Waals surface area contributed by atoms with Gasteiger partial charge in [0.05, 0.1) is 0 Å². The van der Waals surface area contributed by atoms with Crippen molar-refractivity contribution < 1.29 is 22.7 Å². The topological polar surface area (TPSA) is 63.2 Å². The van der Waals surface area contributed by atoms with E-state index in [9.17, 15) is 18.0 Å². The van der Waals surface area contributed by atoms with Crippen LogP contribution in [-0.4, -0.2) is 29.8 Å². The van der Waals surface area contributed by atoms with E-state index >= 15 is 0 Å². The fourth-order valence-corrected chi connectivity index (χ4v) is 1.99. The van der Waals surface area contributed by atoms with Gasteiger partial charge in [-0.15, -0.1) is 0 Å². The molecule has 0 aromatic carbocycles. The van der Waals surface area contributed by atoms with Gasteiger partial charge in [-0.25, -0.2) is 9.78 Å². The van der Waals surface area contributed by atoms with Gasteiger partial charge >= 0.3 is 12.2 Å². The first-order valence-corrected chi connectivity index (χ1v) is 7.03. The summed E-state index contributed by atoms with van der Waals surface area (Å²) in [5.74, 6) is 0.394. The Bertz CT molecular complexity index is 518. The number of carbonyl (C=O) groups is 1. The number of pyridine rings is 1. The van der Waals surface area contributed by atoms with E-state index in [0.29, 0.717) is 11.5 Å². The van der Waals surface area contributed by atoms with E-state index in [4.69, 9.17) is 0 Å². The minimum Gasteiger partial charge on any atom is -0.468 e. The lowest BCUT2D eigenvalue weighted by atomic mass is 10.2. The molecule has 8 heteroatoms. The van der Waals surface area contributed by atoms with E-state index in [1.807, 2.05) is 6.92 Å². The molecule has 2 N–H and O–H groups in total. The number of hydrogen-bond acceptors (Lipinski definition) is 3. The lowest BCUT2D eigenvalue weighted by Gasteiger charge is -2.15. The molecule has 1 saturated carbocycles. The number of hydrogen-bond donors (Lipinski definition) is 2. The minimum absolute atomic E-state index is 0.0459. The molecule has 22 heavy (non-hydrogen) atoms. The van der Waals surface area contributed by atoms with Crippen LogP contribution in [0.15, 0.2) is 18.3 Å². The first-order chi connectivity index (χ1) is 10.3. The van der Waals surface area contributed by atoms with Crippen molar-refractivity contribution in [2.75, 3.05) is 6.61 Å². The first-order valence-electron chi connectivity index (χ1n) is 7.03. The molecule has 0 radical (unpaired) electrons. The summed E-state index contributed by atoms with van der Waals surface area (Å²) in [4.78, 5) is 15.5. The van der Waals surface area contributed by atoms with Crippen molar-refractivity contribution in [3.63, 3.8) is 0 Å². The third-order valence-corrected chi connectivity index (χ3v) is 3.35. The molecule has 1 fully saturated rings. The molecule has 0 aliphatic heterocycles. The van der Waals surface area contributed by atoms with Crippen molar-refractivity contribution in [3.8, 4) is 5.88 Å². The Labute approximate surface area is 126 Å². The highest BCUT2D eigenvalue weighted by atomic mass is 19.4. The Morgan fingerprint density at radius 1 is 1.50 bits per heavy atom. The number of nitrogens with one attached hydrogen (secondary N) is 2. The summed E-state index contributed by atoms with van der Waals surface area (Å²) in [6.45, 7) is 0.561. The summed E-state index contributed by atoms with van der Waals surface area (Å²) in [5, 5.41) is 5.40. The molecule has 1 aromatic rings. The average Bonchev–Trinajstić information content (AvgIpc) is 3.27. The predicted molar refractivity (Wildman–Crippen MR) is 73.3 cm³/mol. The molecule has 1 unspecified atom stereocenters. The van der Waals surface area contributed by atoms with Gasteiger partial charge in [-0.1, -0.05) is 6.07 Å². The van der Waals surface area contributed by atoms with Crippen LogP contribution in [0.4, 0.5) is 18.0 Å². The van der Waals surface area contributed by atoms with Crippen molar-refractivity contribution >= 4 is 6.03 Å². The van der Waals surface area contributed by atoms with E-state index in [2.05, 4.69) is 20.4 Å². The standard InChI is InChI=1S/C14H18F3N3O2/c1-9(10-4-5-10)20-13(21)19-7-11-3-2-6-18-12(11)22-8-14(15,16)17/h2-3,6,9-10H,4-5,7-8H2,1H3,(H2,19,20,21). The second-order valence-electron chi connectivity index (χ2n) is 5.32. The van der Waals surface area contributed by atoms with Gasteiger partial charge in [0.25, 0.3) is 0 Å². The molecule has 1 heterocycles. The highest BCUT2D eigenvalue weighted by Crippen LogP contribution is 2.32. The van der Waals surface area contributed by atoms with Crippen LogP contribution < -0.4 is 15.4 Å². The van der Waals surface area contributed by atoms with Crippen molar-refractivity contribution in [2.45, 2.75) is 38.5 Å². The molecule has 5 nitrogen and oxygen atoms in total. The number of nitrogens with zero attached hydrogens (tertiary/aromatic N) is 1. The second kappa shape index (κ2) is 6.85. The van der Waals surface area contributed by atoms with E-state index in [1.165, 1.54) is 6.20 Å². The molecular formula is C14H18F3N3O2. The van der Waals surface area contributed by atoms with Crippen LogP contribution >= 0.6 is 0 Å². The minimum atomic E-state index is -4.43. The van der Waals surface area contributed by atoms with Crippen molar-refractivity contribution in [1.29, 1.82) is 0 Å². The van der Waals surface area contributed by atoms with Crippen molar-refractivity contribution in [3.05, 3.63) is 23.9 Å². The molecule has 1 atom stereocenters. The molecule has 2 amide bonds. The predicted octanol–water partition coefficient (Wildman–Crippen LogP) is 2.62. The van der Waals surface area contributed by atoms with Crippen LogP contribution in [0.3, 0.4) is 0 Å². The quantitative estimate of drug-likeness (QED) is 0.848. The zero-order valence-electron chi connectivity index (χ0n) is 12.1. The van der Waals surface area contributed by atoms with Gasteiger partial charge in [0, 0.05) is 24.3 Å². The van der Waals surface area contributed by atoms with E-state index in [-0.39, 0.29) is 24.5 Å². The number of rotatable bonds is 6. The maximum absolute atomic E-state index is 12.2. The van der Waals surface area contributed by atoms with Crippen LogP contribution in [0.1, 0.15) is 25.3 Å². The van der Waals surface area contributed by atoms with Gasteiger partial charge in [-0.3, -0.25) is 0 Å². The maximum Gasteiger partial charge on any atom is 0.422 e. The van der Waals surface area contributed by atoms with E-state index in [0.717, 1.165) is 12.8 Å². The normalized spacial score (nSPS) is 16.0. The highest BCUT2D eigenvalue weighted by molar-refractivity contribution is 5.74. The zero-order valence-corrected chi connectivity index (χ0v) is 12.1. The summed E-state index contributed by atoms with van der Waals surface area (Å²) in [6.07, 6.45) is -0.872. The number of aromatic nitrogens is 1. The van der Waals surface area contributed by atoms with Gasteiger partial charge in [-0.2, -0.15) is 13.2 Å². The summed E-state index contributed by atoms with van der Waals surface area (Å²) in [5.41, 5.74) is 0.390.